The largest absolute Gasteiger partial charge is 0.490 e. The number of carbonyl (C=O) groups is 2. The van der Waals surface area contributed by atoms with Crippen LogP contribution in [0.3, 0.4) is 0 Å². The average molecular weight is 506 g/mol. The number of carbonyl (C=O) groups excluding carboxylic acids is 2. The molecule has 2 aromatic carbocycles. The van der Waals surface area contributed by atoms with Crippen molar-refractivity contribution in [2.24, 2.45) is 0 Å². The van der Waals surface area contributed by atoms with E-state index in [0.29, 0.717) is 36.0 Å². The Hall–Kier alpha value is -2.55. The molecule has 1 heterocycles. The zero-order valence-corrected chi connectivity index (χ0v) is 18.7. The quantitative estimate of drug-likeness (QED) is 0.543. The van der Waals surface area contributed by atoms with Crippen molar-refractivity contribution in [1.29, 1.82) is 0 Å². The van der Waals surface area contributed by atoms with Gasteiger partial charge in [0.25, 0.3) is 0 Å². The topological polar surface area (TPSA) is 76.7 Å². The lowest BCUT2D eigenvalue weighted by molar-refractivity contribution is -0.114. The van der Waals surface area contributed by atoms with Gasteiger partial charge in [-0.25, -0.2) is 4.79 Å². The van der Waals surface area contributed by atoms with Crippen molar-refractivity contribution in [2.45, 2.75) is 33.4 Å². The Bertz CT molecular complexity index is 957. The molecule has 2 amide bonds. The predicted molar refractivity (Wildman–Crippen MR) is 119 cm³/mol. The molecule has 1 aliphatic heterocycles. The summed E-state index contributed by atoms with van der Waals surface area (Å²) < 4.78 is 12.7. The first-order valence-electron chi connectivity index (χ1n) is 9.32. The number of rotatable bonds is 7. The van der Waals surface area contributed by atoms with Crippen LogP contribution in [0.2, 0.25) is 0 Å². The van der Waals surface area contributed by atoms with Gasteiger partial charge in [0, 0.05) is 11.3 Å². The SMILES string of the molecule is CCOc1cc([C@H]2NC(=O)NC(C)=C2C(C)=O)cc(I)c1OCc1ccccc1. The van der Waals surface area contributed by atoms with Gasteiger partial charge in [-0.3, -0.25) is 4.79 Å². The fourth-order valence-corrected chi connectivity index (χ4v) is 4.08. The lowest BCUT2D eigenvalue weighted by Crippen LogP contribution is -2.44. The maximum Gasteiger partial charge on any atom is 0.319 e. The molecule has 1 aliphatic rings. The average Bonchev–Trinajstić information content (AvgIpc) is 2.67. The zero-order valence-electron chi connectivity index (χ0n) is 16.5. The van der Waals surface area contributed by atoms with E-state index in [-0.39, 0.29) is 11.8 Å². The molecule has 0 aromatic heterocycles. The van der Waals surface area contributed by atoms with E-state index in [1.807, 2.05) is 49.4 Å². The molecular formula is C22H23IN2O4. The Morgan fingerprint density at radius 2 is 1.90 bits per heavy atom. The van der Waals surface area contributed by atoms with Crippen LogP contribution in [-0.2, 0) is 11.4 Å². The number of urea groups is 1. The molecule has 3 rings (SSSR count). The number of ketones is 1. The minimum absolute atomic E-state index is 0.0997. The van der Waals surface area contributed by atoms with Gasteiger partial charge in [-0.2, -0.15) is 0 Å². The van der Waals surface area contributed by atoms with Gasteiger partial charge < -0.3 is 20.1 Å². The maximum absolute atomic E-state index is 12.2. The van der Waals surface area contributed by atoms with Gasteiger partial charge in [0.1, 0.15) is 6.61 Å². The summed E-state index contributed by atoms with van der Waals surface area (Å²) in [6.45, 7) is 6.01. The van der Waals surface area contributed by atoms with Gasteiger partial charge in [0.2, 0.25) is 0 Å². The predicted octanol–water partition coefficient (Wildman–Crippen LogP) is 4.49. The second-order valence-electron chi connectivity index (χ2n) is 6.66. The number of hydrogen-bond acceptors (Lipinski definition) is 4. The molecular weight excluding hydrogens is 483 g/mol. The highest BCUT2D eigenvalue weighted by atomic mass is 127. The third-order valence-electron chi connectivity index (χ3n) is 4.54. The molecule has 6 nitrogen and oxygen atoms in total. The molecule has 0 aliphatic carbocycles. The Balaban J connectivity index is 1.97. The van der Waals surface area contributed by atoms with Crippen molar-refractivity contribution in [3.63, 3.8) is 0 Å². The van der Waals surface area contributed by atoms with Gasteiger partial charge in [-0.05, 0) is 66.6 Å². The van der Waals surface area contributed by atoms with Crippen LogP contribution in [0, 0.1) is 3.57 Å². The van der Waals surface area contributed by atoms with Crippen LogP contribution in [0.5, 0.6) is 11.5 Å². The molecule has 0 spiro atoms. The smallest absolute Gasteiger partial charge is 0.319 e. The zero-order chi connectivity index (χ0) is 21.0. The number of Topliss-reactive ketones (excluding diaryl/α,β-unsaturated/α-hetero) is 1. The molecule has 7 heteroatoms. The van der Waals surface area contributed by atoms with Crippen molar-refractivity contribution in [3.05, 3.63) is 68.4 Å². The molecule has 0 saturated heterocycles. The summed E-state index contributed by atoms with van der Waals surface area (Å²) in [6.07, 6.45) is 0. The molecule has 0 bridgehead atoms. The Labute approximate surface area is 183 Å². The molecule has 29 heavy (non-hydrogen) atoms. The minimum Gasteiger partial charge on any atom is -0.490 e. The first kappa shape index (κ1) is 21.2. The number of benzene rings is 2. The summed E-state index contributed by atoms with van der Waals surface area (Å²) >= 11 is 2.19. The Morgan fingerprint density at radius 1 is 1.17 bits per heavy atom. The van der Waals surface area contributed by atoms with Gasteiger partial charge >= 0.3 is 6.03 Å². The van der Waals surface area contributed by atoms with Crippen LogP contribution in [0.25, 0.3) is 0 Å². The number of amides is 2. The summed E-state index contributed by atoms with van der Waals surface area (Å²) in [7, 11) is 0. The molecule has 0 radical (unpaired) electrons. The fourth-order valence-electron chi connectivity index (χ4n) is 3.30. The summed E-state index contributed by atoms with van der Waals surface area (Å²) in [4.78, 5) is 24.2. The molecule has 0 fully saturated rings. The molecule has 2 N–H and O–H groups in total. The number of ether oxygens (including phenoxy) is 2. The van der Waals surface area contributed by atoms with Crippen molar-refractivity contribution in [1.82, 2.24) is 10.6 Å². The molecule has 2 aromatic rings. The van der Waals surface area contributed by atoms with Crippen molar-refractivity contribution >= 4 is 34.4 Å². The summed E-state index contributed by atoms with van der Waals surface area (Å²) in [6, 6.07) is 12.8. The van der Waals surface area contributed by atoms with Crippen LogP contribution >= 0.6 is 22.6 Å². The normalized spacial score (nSPS) is 16.1. The van der Waals surface area contributed by atoms with Gasteiger partial charge in [0.15, 0.2) is 17.3 Å². The van der Waals surface area contributed by atoms with Crippen LogP contribution in [-0.4, -0.2) is 18.4 Å². The monoisotopic (exact) mass is 506 g/mol. The van der Waals surface area contributed by atoms with E-state index in [0.717, 1.165) is 14.7 Å². The third-order valence-corrected chi connectivity index (χ3v) is 5.34. The fraction of sp³-hybridized carbons (Fsp3) is 0.273. The van der Waals surface area contributed by atoms with Crippen LogP contribution in [0.15, 0.2) is 53.7 Å². The number of hydrogen-bond donors (Lipinski definition) is 2. The van der Waals surface area contributed by atoms with Crippen molar-refractivity contribution < 1.29 is 19.1 Å². The van der Waals surface area contributed by atoms with E-state index < -0.39 is 6.04 Å². The molecule has 152 valence electrons. The Kier molecular flexibility index (Phi) is 6.79. The van der Waals surface area contributed by atoms with Crippen LogP contribution in [0.1, 0.15) is 37.9 Å². The lowest BCUT2D eigenvalue weighted by Gasteiger charge is -2.29. The highest BCUT2D eigenvalue weighted by molar-refractivity contribution is 14.1. The highest BCUT2D eigenvalue weighted by Gasteiger charge is 2.30. The van der Waals surface area contributed by atoms with E-state index in [1.54, 1.807) is 6.92 Å². The maximum atomic E-state index is 12.2. The van der Waals surface area contributed by atoms with E-state index in [2.05, 4.69) is 33.2 Å². The number of allylic oxidation sites excluding steroid dienone is 1. The van der Waals surface area contributed by atoms with Crippen molar-refractivity contribution in [3.8, 4) is 11.5 Å². The third kappa shape index (κ3) is 4.90. The first-order chi connectivity index (χ1) is 13.9. The molecule has 1 atom stereocenters. The summed E-state index contributed by atoms with van der Waals surface area (Å²) in [5.41, 5.74) is 2.91. The number of halogens is 1. The van der Waals surface area contributed by atoms with E-state index in [9.17, 15) is 9.59 Å². The Morgan fingerprint density at radius 3 is 2.55 bits per heavy atom. The van der Waals surface area contributed by atoms with Gasteiger partial charge in [0.05, 0.1) is 16.2 Å². The highest BCUT2D eigenvalue weighted by Crippen LogP contribution is 2.38. The summed E-state index contributed by atoms with van der Waals surface area (Å²) in [5, 5.41) is 5.51. The van der Waals surface area contributed by atoms with E-state index in [4.69, 9.17) is 9.47 Å². The lowest BCUT2D eigenvalue weighted by atomic mass is 9.93. The van der Waals surface area contributed by atoms with Gasteiger partial charge in [-0.15, -0.1) is 0 Å². The van der Waals surface area contributed by atoms with Gasteiger partial charge in [-0.1, -0.05) is 30.3 Å². The summed E-state index contributed by atoms with van der Waals surface area (Å²) in [5.74, 6) is 1.13. The van der Waals surface area contributed by atoms with Crippen LogP contribution in [0.4, 0.5) is 4.79 Å². The standard InChI is InChI=1S/C22H23IN2O4/c1-4-28-18-11-16(20-19(14(3)26)13(2)24-22(27)25-20)10-17(23)21(18)29-12-15-8-6-5-7-9-15/h5-11,20H,4,12H2,1-3H3,(H2,24,25,27)/t20-/m1/s1. The van der Waals surface area contributed by atoms with Crippen molar-refractivity contribution in [2.75, 3.05) is 6.61 Å². The van der Waals surface area contributed by atoms with E-state index >= 15 is 0 Å². The second-order valence-corrected chi connectivity index (χ2v) is 7.83. The number of nitrogens with one attached hydrogen (secondary N) is 2. The molecule has 0 unspecified atom stereocenters. The van der Waals surface area contributed by atoms with Crippen LogP contribution < -0.4 is 20.1 Å². The minimum atomic E-state index is -0.544. The second kappa shape index (κ2) is 9.30. The first-order valence-corrected chi connectivity index (χ1v) is 10.4. The molecule has 0 saturated carbocycles. The van der Waals surface area contributed by atoms with E-state index in [1.165, 1.54) is 6.92 Å².